The van der Waals surface area contributed by atoms with Gasteiger partial charge in [-0.25, -0.2) is 19.0 Å². The Balaban J connectivity index is 1.29. The van der Waals surface area contributed by atoms with Crippen LogP contribution in [0.3, 0.4) is 0 Å². The highest BCUT2D eigenvalue weighted by Gasteiger charge is 2.44. The first kappa shape index (κ1) is 34.4. The van der Waals surface area contributed by atoms with Crippen molar-refractivity contribution in [3.63, 3.8) is 0 Å². The number of rotatable bonds is 14. The molecule has 4 heterocycles. The van der Waals surface area contributed by atoms with Crippen molar-refractivity contribution in [3.8, 4) is 0 Å². The molecule has 46 heavy (non-hydrogen) atoms. The number of aryl methyl sites for hydroxylation is 1. The first-order chi connectivity index (χ1) is 21.9. The van der Waals surface area contributed by atoms with Crippen LogP contribution >= 0.6 is 11.3 Å². The average Bonchev–Trinajstić information content (AvgIpc) is 3.68. The highest BCUT2D eigenvalue weighted by molar-refractivity contribution is 7.91. The molecule has 8 amide bonds. The number of carbonyl (C=O) groups is 6. The van der Waals surface area contributed by atoms with Gasteiger partial charge in [-0.1, -0.05) is 50.3 Å². The summed E-state index contributed by atoms with van der Waals surface area (Å²) in [6, 6.07) is -0.257. The summed E-state index contributed by atoms with van der Waals surface area (Å²) in [6.07, 6.45) is 6.13. The summed E-state index contributed by atoms with van der Waals surface area (Å²) in [5.41, 5.74) is 0. The number of unbranched alkanes of at least 4 members (excludes halogenated alkanes) is 5. The van der Waals surface area contributed by atoms with Crippen LogP contribution in [0.1, 0.15) is 62.1 Å². The number of nitrogens with zero attached hydrogens (tertiary/aromatic N) is 4. The third-order valence-corrected chi connectivity index (χ3v) is 9.13. The third-order valence-electron chi connectivity index (χ3n) is 7.27. The summed E-state index contributed by atoms with van der Waals surface area (Å²) < 4.78 is 32.8. The van der Waals surface area contributed by atoms with Crippen LogP contribution in [0, 0.1) is 6.92 Å². The van der Waals surface area contributed by atoms with E-state index in [0.717, 1.165) is 54.8 Å². The van der Waals surface area contributed by atoms with Gasteiger partial charge in [-0.3, -0.25) is 29.0 Å². The maximum atomic E-state index is 13.2. The molecule has 0 spiro atoms. The van der Waals surface area contributed by atoms with Crippen molar-refractivity contribution in [2.24, 2.45) is 0 Å². The summed E-state index contributed by atoms with van der Waals surface area (Å²) in [7, 11) is -4.45. The molecule has 2 aromatic heterocycles. The van der Waals surface area contributed by atoms with Crippen LogP contribution in [0.15, 0.2) is 28.1 Å². The molecular weight excluding hydrogens is 644 g/mol. The van der Waals surface area contributed by atoms with Gasteiger partial charge >= 0.3 is 34.1 Å². The van der Waals surface area contributed by atoms with Gasteiger partial charge in [-0.2, -0.15) is 8.42 Å². The highest BCUT2D eigenvalue weighted by atomic mass is 32.2. The smallest absolute Gasteiger partial charge is 0.339 e. The van der Waals surface area contributed by atoms with Gasteiger partial charge in [0.25, 0.3) is 5.91 Å². The number of likely N-dealkylation sites (tertiary alicyclic amines) is 1. The zero-order valence-electron chi connectivity index (χ0n) is 25.3. The van der Waals surface area contributed by atoms with Crippen LogP contribution in [0.5, 0.6) is 0 Å². The predicted molar refractivity (Wildman–Crippen MR) is 163 cm³/mol. The van der Waals surface area contributed by atoms with E-state index in [1.165, 1.54) is 17.9 Å². The minimum atomic E-state index is -4.45. The Morgan fingerprint density at radius 1 is 1.04 bits per heavy atom. The number of urea groups is 2. The Morgan fingerprint density at radius 3 is 2.43 bits per heavy atom. The largest absolute Gasteiger partial charge is 0.360 e. The highest BCUT2D eigenvalue weighted by Crippen LogP contribution is 2.22. The van der Waals surface area contributed by atoms with Crippen molar-refractivity contribution in [1.82, 2.24) is 35.2 Å². The van der Waals surface area contributed by atoms with Gasteiger partial charge < -0.3 is 20.1 Å². The van der Waals surface area contributed by atoms with Crippen molar-refractivity contribution >= 4 is 63.1 Å². The quantitative estimate of drug-likeness (QED) is 0.127. The summed E-state index contributed by atoms with van der Waals surface area (Å²) in [6.45, 7) is 3.84. The second kappa shape index (κ2) is 15.2. The fourth-order valence-corrected chi connectivity index (χ4v) is 6.34. The van der Waals surface area contributed by atoms with Crippen molar-refractivity contribution in [3.05, 3.63) is 34.2 Å². The molecule has 1 unspecified atom stereocenters. The molecule has 17 nitrogen and oxygen atoms in total. The number of thiophene rings is 1. The van der Waals surface area contributed by atoms with Crippen LogP contribution < -0.4 is 20.1 Å². The second-order valence-corrected chi connectivity index (χ2v) is 13.2. The molecule has 2 aromatic rings. The number of aromatic nitrogens is 1. The van der Waals surface area contributed by atoms with E-state index in [1.54, 1.807) is 22.2 Å². The first-order valence-corrected chi connectivity index (χ1v) is 17.1. The van der Waals surface area contributed by atoms with Gasteiger partial charge in [0.2, 0.25) is 5.91 Å². The summed E-state index contributed by atoms with van der Waals surface area (Å²) in [4.78, 5) is 80.0. The molecule has 0 radical (unpaired) electrons. The second-order valence-electron chi connectivity index (χ2n) is 10.8. The van der Waals surface area contributed by atoms with Crippen molar-refractivity contribution < 1.29 is 41.7 Å². The van der Waals surface area contributed by atoms with Gasteiger partial charge in [0.15, 0.2) is 5.82 Å². The minimum Gasteiger partial charge on any atom is -0.360 e. The molecule has 4 rings (SSSR count). The lowest BCUT2D eigenvalue weighted by Crippen LogP contribution is -2.68. The monoisotopic (exact) mass is 680 g/mol. The van der Waals surface area contributed by atoms with Crippen LogP contribution in [0.2, 0.25) is 0 Å². The van der Waals surface area contributed by atoms with E-state index in [9.17, 15) is 37.2 Å². The number of amides is 8. The molecule has 2 aliphatic heterocycles. The number of carbonyl (C=O) groups excluding carboxylic acids is 6. The Kier molecular flexibility index (Phi) is 11.3. The van der Waals surface area contributed by atoms with E-state index < -0.39 is 58.0 Å². The normalized spacial score (nSPS) is 17.4. The van der Waals surface area contributed by atoms with E-state index in [2.05, 4.69) is 22.7 Å². The molecule has 19 heteroatoms. The number of β-lactam (4-membered cyclic amide) rings is 1. The molecule has 2 atom stereocenters. The minimum absolute atomic E-state index is 0.0514. The maximum absolute atomic E-state index is 13.2. The van der Waals surface area contributed by atoms with Gasteiger partial charge in [0.1, 0.15) is 17.8 Å². The Bertz CT molecular complexity index is 1560. The lowest BCUT2D eigenvalue weighted by Gasteiger charge is -2.37. The number of anilines is 1. The summed E-state index contributed by atoms with van der Waals surface area (Å²) in [5.74, 6) is -3.36. The standard InChI is InChI=1S/C27H36N8O9S2/c1-3-4-5-6-7-8-11-33-12-13-34(25(39)24(33)38)26(40)29-21(19-10-9-14-45-19)22(36)28-18-16-35(23(18)37)27(41)32-46(42,43)31-20-15-17(2)44-30-20/h9-10,14-15,18,21H,3-8,11-13,16H2,1-2H3,(H,28,36)(H,29,40)(H,30,31)(H,32,41)/t18-,21?/m0/s1. The fourth-order valence-electron chi connectivity index (χ4n) is 4.81. The van der Waals surface area contributed by atoms with Crippen LogP contribution in [0.25, 0.3) is 0 Å². The molecule has 0 saturated carbocycles. The van der Waals surface area contributed by atoms with E-state index in [4.69, 9.17) is 4.52 Å². The maximum Gasteiger partial charge on any atom is 0.339 e. The number of hydrogen-bond donors (Lipinski definition) is 4. The van der Waals surface area contributed by atoms with Crippen LogP contribution in [0.4, 0.5) is 15.4 Å². The molecule has 0 aromatic carbocycles. The Morgan fingerprint density at radius 2 is 1.78 bits per heavy atom. The predicted octanol–water partition coefficient (Wildman–Crippen LogP) is 1.22. The Labute approximate surface area is 269 Å². The van der Waals surface area contributed by atoms with Gasteiger partial charge in [-0.15, -0.1) is 11.3 Å². The third kappa shape index (κ3) is 8.59. The van der Waals surface area contributed by atoms with Crippen molar-refractivity contribution in [1.29, 1.82) is 0 Å². The van der Waals surface area contributed by atoms with Gasteiger partial charge in [0, 0.05) is 30.6 Å². The number of hydrogen-bond acceptors (Lipinski definition) is 11. The van der Waals surface area contributed by atoms with Crippen LogP contribution in [-0.2, 0) is 29.4 Å². The molecule has 2 fully saturated rings. The molecule has 0 bridgehead atoms. The van der Waals surface area contributed by atoms with E-state index in [1.807, 2.05) is 4.72 Å². The molecule has 2 saturated heterocycles. The molecule has 2 aliphatic rings. The molecule has 0 aliphatic carbocycles. The van der Waals surface area contributed by atoms with Crippen molar-refractivity contribution in [2.75, 3.05) is 30.9 Å². The molecule has 4 N–H and O–H groups in total. The number of imide groups is 2. The van der Waals surface area contributed by atoms with Crippen molar-refractivity contribution in [2.45, 2.75) is 64.5 Å². The zero-order chi connectivity index (χ0) is 33.4. The Hall–Kier alpha value is -4.52. The summed E-state index contributed by atoms with van der Waals surface area (Å²) in [5, 5.41) is 10.0. The average molecular weight is 681 g/mol. The van der Waals surface area contributed by atoms with Crippen LogP contribution in [-0.4, -0.2) is 96.2 Å². The number of nitrogens with one attached hydrogen (secondary N) is 4. The first-order valence-electron chi connectivity index (χ1n) is 14.7. The fraction of sp³-hybridized carbons (Fsp3) is 0.519. The SMILES string of the molecule is CCCCCCCCN1CCN(C(=O)NC(C(=O)N[C@H]2CN(C(=O)NS(=O)(=O)Nc3cc(C)on3)C2=O)c2cccs2)C(=O)C1=O. The van der Waals surface area contributed by atoms with Gasteiger partial charge in [-0.05, 0) is 24.8 Å². The lowest BCUT2D eigenvalue weighted by molar-refractivity contribution is -0.153. The van der Waals surface area contributed by atoms with E-state index in [0.29, 0.717) is 22.1 Å². The molecular formula is C27H36N8O9S2. The summed E-state index contributed by atoms with van der Waals surface area (Å²) >= 11 is 1.13. The van der Waals surface area contributed by atoms with E-state index in [-0.39, 0.29) is 25.5 Å². The zero-order valence-corrected chi connectivity index (χ0v) is 26.9. The number of piperazine rings is 1. The lowest BCUT2D eigenvalue weighted by atomic mass is 10.1. The van der Waals surface area contributed by atoms with Gasteiger partial charge in [0.05, 0.1) is 6.54 Å². The topological polar surface area (TPSA) is 220 Å². The van der Waals surface area contributed by atoms with E-state index >= 15 is 0 Å². The molecule has 250 valence electrons.